The number of nitrogens with zero attached hydrogens (tertiary/aromatic N) is 2. The SMILES string of the molecule is CN(C)CCN1C(=O)c2oc3ccccc3c(=O)c2[C@H]1c1cccc(Cl)c1. The van der Waals surface area contributed by atoms with Gasteiger partial charge in [0, 0.05) is 18.1 Å². The first-order chi connectivity index (χ1) is 13.0. The average Bonchev–Trinajstić information content (AvgIpc) is 2.93. The molecule has 27 heavy (non-hydrogen) atoms. The van der Waals surface area contributed by atoms with E-state index < -0.39 is 6.04 Å². The maximum atomic E-state index is 13.2. The summed E-state index contributed by atoms with van der Waals surface area (Å²) in [5, 5.41) is 1.04. The second kappa shape index (κ2) is 6.83. The van der Waals surface area contributed by atoms with Crippen molar-refractivity contribution in [3.63, 3.8) is 0 Å². The standard InChI is InChI=1S/C21H19ClN2O3/c1-23(2)10-11-24-18(13-6-5-7-14(22)12-13)17-19(25)15-8-3-4-9-16(15)27-20(17)21(24)26/h3-9,12,18H,10-11H2,1-2H3/t18-/m1/s1. The fraction of sp³-hybridized carbons (Fsp3) is 0.238. The molecule has 0 saturated heterocycles. The van der Waals surface area contributed by atoms with E-state index in [1.807, 2.05) is 31.1 Å². The minimum Gasteiger partial charge on any atom is -0.450 e. The van der Waals surface area contributed by atoms with Crippen LogP contribution in [0.4, 0.5) is 0 Å². The van der Waals surface area contributed by atoms with Gasteiger partial charge in [0.15, 0.2) is 5.43 Å². The number of likely N-dealkylation sites (N-methyl/N-ethyl adjacent to an activating group) is 1. The van der Waals surface area contributed by atoms with Crippen LogP contribution in [0.3, 0.4) is 0 Å². The summed E-state index contributed by atoms with van der Waals surface area (Å²) >= 11 is 6.18. The molecule has 0 radical (unpaired) electrons. The minimum absolute atomic E-state index is 0.127. The number of carbonyl (C=O) groups is 1. The predicted octanol–water partition coefficient (Wildman–Crippen LogP) is 3.55. The maximum Gasteiger partial charge on any atom is 0.290 e. The second-order valence-electron chi connectivity index (χ2n) is 6.93. The smallest absolute Gasteiger partial charge is 0.290 e. The molecule has 3 aromatic rings. The summed E-state index contributed by atoms with van der Waals surface area (Å²) in [6, 6.07) is 13.8. The van der Waals surface area contributed by atoms with E-state index in [1.165, 1.54) is 0 Å². The molecule has 0 spiro atoms. The molecule has 0 bridgehead atoms. The van der Waals surface area contributed by atoms with Crippen molar-refractivity contribution in [2.75, 3.05) is 27.2 Å². The fourth-order valence-electron chi connectivity index (χ4n) is 3.53. The Balaban J connectivity index is 1.94. The van der Waals surface area contributed by atoms with E-state index in [0.29, 0.717) is 34.6 Å². The highest BCUT2D eigenvalue weighted by Crippen LogP contribution is 2.38. The Kier molecular flexibility index (Phi) is 4.50. The van der Waals surface area contributed by atoms with Crippen LogP contribution < -0.4 is 5.43 Å². The van der Waals surface area contributed by atoms with Crippen LogP contribution in [0.2, 0.25) is 5.02 Å². The summed E-state index contributed by atoms with van der Waals surface area (Å²) in [5.41, 5.74) is 1.45. The molecule has 2 heterocycles. The average molecular weight is 383 g/mol. The third-order valence-corrected chi connectivity index (χ3v) is 5.06. The van der Waals surface area contributed by atoms with Crippen molar-refractivity contribution in [2.24, 2.45) is 0 Å². The van der Waals surface area contributed by atoms with Gasteiger partial charge in [0.2, 0.25) is 5.76 Å². The molecule has 5 nitrogen and oxygen atoms in total. The molecule has 0 saturated carbocycles. The predicted molar refractivity (Wildman–Crippen MR) is 105 cm³/mol. The van der Waals surface area contributed by atoms with E-state index in [4.69, 9.17) is 16.0 Å². The normalized spacial score (nSPS) is 16.4. The Bertz CT molecular complexity index is 1090. The van der Waals surface area contributed by atoms with Crippen molar-refractivity contribution >= 4 is 28.5 Å². The van der Waals surface area contributed by atoms with Crippen molar-refractivity contribution in [3.05, 3.63) is 80.7 Å². The molecule has 1 aliphatic rings. The van der Waals surface area contributed by atoms with E-state index in [9.17, 15) is 9.59 Å². The molecule has 0 N–H and O–H groups in total. The Morgan fingerprint density at radius 1 is 1.11 bits per heavy atom. The van der Waals surface area contributed by atoms with Gasteiger partial charge in [0.05, 0.1) is 17.0 Å². The molecular formula is C21H19ClN2O3. The van der Waals surface area contributed by atoms with Gasteiger partial charge in [-0.25, -0.2) is 0 Å². The molecule has 1 aliphatic heterocycles. The number of rotatable bonds is 4. The molecule has 0 fully saturated rings. The number of fused-ring (bicyclic) bond motifs is 2. The van der Waals surface area contributed by atoms with Gasteiger partial charge < -0.3 is 14.2 Å². The largest absolute Gasteiger partial charge is 0.450 e. The lowest BCUT2D eigenvalue weighted by Gasteiger charge is -2.26. The first-order valence-corrected chi connectivity index (χ1v) is 9.12. The van der Waals surface area contributed by atoms with Gasteiger partial charge >= 0.3 is 0 Å². The van der Waals surface area contributed by atoms with Gasteiger partial charge in [-0.15, -0.1) is 0 Å². The summed E-state index contributed by atoms with van der Waals surface area (Å²) in [6.07, 6.45) is 0. The van der Waals surface area contributed by atoms with Crippen LogP contribution in [-0.2, 0) is 0 Å². The van der Waals surface area contributed by atoms with Crippen LogP contribution in [0.1, 0.15) is 27.7 Å². The topological polar surface area (TPSA) is 53.8 Å². The number of benzene rings is 2. The van der Waals surface area contributed by atoms with Gasteiger partial charge in [-0.3, -0.25) is 9.59 Å². The first kappa shape index (κ1) is 17.8. The number of carbonyl (C=O) groups excluding carboxylic acids is 1. The third-order valence-electron chi connectivity index (χ3n) is 4.83. The lowest BCUT2D eigenvalue weighted by molar-refractivity contribution is 0.0716. The van der Waals surface area contributed by atoms with Crippen molar-refractivity contribution in [1.82, 2.24) is 9.80 Å². The van der Waals surface area contributed by atoms with Crippen molar-refractivity contribution < 1.29 is 9.21 Å². The number of halogens is 1. The third kappa shape index (κ3) is 3.03. The Hall–Kier alpha value is -2.63. The molecule has 0 unspecified atom stereocenters. The summed E-state index contributed by atoms with van der Waals surface area (Å²) in [4.78, 5) is 30.0. The van der Waals surface area contributed by atoms with Crippen molar-refractivity contribution in [1.29, 1.82) is 0 Å². The molecule has 4 rings (SSSR count). The van der Waals surface area contributed by atoms with E-state index in [1.54, 1.807) is 41.3 Å². The number of amides is 1. The quantitative estimate of drug-likeness (QED) is 0.692. The van der Waals surface area contributed by atoms with Crippen LogP contribution in [0.5, 0.6) is 0 Å². The van der Waals surface area contributed by atoms with E-state index in [0.717, 1.165) is 5.56 Å². The fourth-order valence-corrected chi connectivity index (χ4v) is 3.73. The Labute approximate surface area is 161 Å². The molecule has 1 atom stereocenters. The van der Waals surface area contributed by atoms with E-state index in [2.05, 4.69) is 0 Å². The zero-order valence-electron chi connectivity index (χ0n) is 15.1. The molecule has 1 amide bonds. The van der Waals surface area contributed by atoms with Crippen molar-refractivity contribution in [3.8, 4) is 0 Å². The number of para-hydroxylation sites is 1. The van der Waals surface area contributed by atoms with Crippen LogP contribution in [-0.4, -0.2) is 42.9 Å². The zero-order valence-corrected chi connectivity index (χ0v) is 15.9. The highest BCUT2D eigenvalue weighted by molar-refractivity contribution is 6.30. The van der Waals surface area contributed by atoms with Crippen LogP contribution >= 0.6 is 11.6 Å². The monoisotopic (exact) mass is 382 g/mol. The summed E-state index contributed by atoms with van der Waals surface area (Å²) < 4.78 is 5.88. The van der Waals surface area contributed by atoms with E-state index >= 15 is 0 Å². The summed E-state index contributed by atoms with van der Waals surface area (Å²) in [5.74, 6) is -0.137. The van der Waals surface area contributed by atoms with Crippen LogP contribution in [0, 0.1) is 0 Å². The van der Waals surface area contributed by atoms with Gasteiger partial charge in [-0.05, 0) is 43.9 Å². The first-order valence-electron chi connectivity index (χ1n) is 8.74. The summed E-state index contributed by atoms with van der Waals surface area (Å²) in [7, 11) is 3.89. The Morgan fingerprint density at radius 3 is 2.63 bits per heavy atom. The highest BCUT2D eigenvalue weighted by Gasteiger charge is 2.42. The number of hydrogen-bond donors (Lipinski definition) is 0. The molecule has 1 aromatic heterocycles. The second-order valence-corrected chi connectivity index (χ2v) is 7.37. The van der Waals surface area contributed by atoms with Crippen molar-refractivity contribution in [2.45, 2.75) is 6.04 Å². The summed E-state index contributed by atoms with van der Waals surface area (Å²) in [6.45, 7) is 1.15. The molecular weight excluding hydrogens is 364 g/mol. The van der Waals surface area contributed by atoms with Crippen LogP contribution in [0.25, 0.3) is 11.0 Å². The molecule has 0 aliphatic carbocycles. The molecule has 6 heteroatoms. The van der Waals surface area contributed by atoms with Gasteiger partial charge in [-0.1, -0.05) is 35.9 Å². The van der Waals surface area contributed by atoms with E-state index in [-0.39, 0.29) is 17.1 Å². The van der Waals surface area contributed by atoms with Gasteiger partial charge in [-0.2, -0.15) is 0 Å². The van der Waals surface area contributed by atoms with Gasteiger partial charge in [0.25, 0.3) is 5.91 Å². The number of hydrogen-bond acceptors (Lipinski definition) is 4. The molecule has 2 aromatic carbocycles. The van der Waals surface area contributed by atoms with Crippen LogP contribution in [0.15, 0.2) is 57.7 Å². The molecule has 138 valence electrons. The maximum absolute atomic E-state index is 13.2. The zero-order chi connectivity index (χ0) is 19.1. The Morgan fingerprint density at radius 2 is 1.89 bits per heavy atom. The lowest BCUT2D eigenvalue weighted by Crippen LogP contribution is -2.35. The highest BCUT2D eigenvalue weighted by atomic mass is 35.5. The van der Waals surface area contributed by atoms with Gasteiger partial charge in [0.1, 0.15) is 5.58 Å². The lowest BCUT2D eigenvalue weighted by atomic mass is 9.98. The minimum atomic E-state index is -0.507.